The Morgan fingerprint density at radius 1 is 1.32 bits per heavy atom. The molecule has 19 heavy (non-hydrogen) atoms. The Morgan fingerprint density at radius 2 is 2.21 bits per heavy atom. The van der Waals surface area contributed by atoms with Gasteiger partial charge >= 0.3 is 0 Å². The molecule has 0 aromatic carbocycles. The lowest BCUT2D eigenvalue weighted by Crippen LogP contribution is -2.24. The summed E-state index contributed by atoms with van der Waals surface area (Å²) in [5, 5.41) is 3.36. The predicted octanol–water partition coefficient (Wildman–Crippen LogP) is 3.53. The second-order valence-corrected chi connectivity index (χ2v) is 5.55. The van der Waals surface area contributed by atoms with Crippen LogP contribution in [0.1, 0.15) is 45.2 Å². The zero-order chi connectivity index (χ0) is 13.5. The molecule has 2 heterocycles. The number of rotatable bonds is 5. The van der Waals surface area contributed by atoms with Gasteiger partial charge in [0.1, 0.15) is 0 Å². The highest BCUT2D eigenvalue weighted by atomic mass is 15.1. The number of pyridine rings is 1. The molecule has 1 saturated heterocycles. The molecule has 1 aromatic heterocycles. The highest BCUT2D eigenvalue weighted by Crippen LogP contribution is 2.21. The molecule has 1 fully saturated rings. The van der Waals surface area contributed by atoms with E-state index in [1.807, 2.05) is 12.3 Å². The van der Waals surface area contributed by atoms with Crippen LogP contribution in [-0.2, 0) is 6.54 Å². The van der Waals surface area contributed by atoms with Crippen molar-refractivity contribution in [1.29, 1.82) is 0 Å². The van der Waals surface area contributed by atoms with Crippen LogP contribution >= 0.6 is 0 Å². The minimum absolute atomic E-state index is 0.936. The average Bonchev–Trinajstić information content (AvgIpc) is 2.65. The molecule has 106 valence electrons. The lowest BCUT2D eigenvalue weighted by molar-refractivity contribution is 0.269. The van der Waals surface area contributed by atoms with Gasteiger partial charge in [0.15, 0.2) is 0 Å². The molecule has 1 aliphatic rings. The molecular formula is C16H27N3. The summed E-state index contributed by atoms with van der Waals surface area (Å²) in [5.74, 6) is 0.936. The van der Waals surface area contributed by atoms with Crippen molar-refractivity contribution in [3.8, 4) is 0 Å². The topological polar surface area (TPSA) is 28.2 Å². The van der Waals surface area contributed by atoms with Crippen LogP contribution in [-0.4, -0.2) is 29.5 Å². The maximum atomic E-state index is 4.50. The van der Waals surface area contributed by atoms with Crippen LogP contribution in [0.4, 0.5) is 5.69 Å². The molecule has 1 N–H and O–H groups in total. The second-order valence-electron chi connectivity index (χ2n) is 5.55. The fourth-order valence-corrected chi connectivity index (χ4v) is 2.90. The number of nitrogens with one attached hydrogen (secondary N) is 1. The minimum atomic E-state index is 0.936. The number of aromatic nitrogens is 1. The largest absolute Gasteiger partial charge is 0.385 e. The van der Waals surface area contributed by atoms with Gasteiger partial charge in [0.05, 0.1) is 5.69 Å². The zero-order valence-electron chi connectivity index (χ0n) is 12.4. The average molecular weight is 261 g/mol. The molecule has 0 amide bonds. The van der Waals surface area contributed by atoms with Gasteiger partial charge in [-0.25, -0.2) is 0 Å². The summed E-state index contributed by atoms with van der Waals surface area (Å²) in [5.41, 5.74) is 2.38. The number of likely N-dealkylation sites (tertiary alicyclic amines) is 1. The Balaban J connectivity index is 1.91. The van der Waals surface area contributed by atoms with Crippen LogP contribution in [0.3, 0.4) is 0 Å². The van der Waals surface area contributed by atoms with E-state index in [1.165, 1.54) is 50.2 Å². The van der Waals surface area contributed by atoms with Gasteiger partial charge in [-0.2, -0.15) is 0 Å². The summed E-state index contributed by atoms with van der Waals surface area (Å²) in [7, 11) is 0. The van der Waals surface area contributed by atoms with E-state index in [0.717, 1.165) is 19.0 Å². The van der Waals surface area contributed by atoms with Crippen molar-refractivity contribution in [1.82, 2.24) is 9.88 Å². The van der Waals surface area contributed by atoms with Gasteiger partial charge in [0.25, 0.3) is 0 Å². The van der Waals surface area contributed by atoms with Gasteiger partial charge in [-0.1, -0.05) is 13.3 Å². The van der Waals surface area contributed by atoms with Crippen molar-refractivity contribution in [2.45, 2.75) is 46.1 Å². The van der Waals surface area contributed by atoms with Crippen LogP contribution in [0.15, 0.2) is 18.3 Å². The first-order valence-electron chi connectivity index (χ1n) is 7.73. The monoisotopic (exact) mass is 261 g/mol. The third kappa shape index (κ3) is 4.50. The summed E-state index contributed by atoms with van der Waals surface area (Å²) >= 11 is 0. The smallest absolute Gasteiger partial charge is 0.0564 e. The van der Waals surface area contributed by atoms with Gasteiger partial charge in [-0.15, -0.1) is 0 Å². The normalized spacial score (nSPS) is 21.1. The van der Waals surface area contributed by atoms with Crippen LogP contribution in [0.5, 0.6) is 0 Å². The zero-order valence-corrected chi connectivity index (χ0v) is 12.4. The van der Waals surface area contributed by atoms with E-state index in [9.17, 15) is 0 Å². The molecular weight excluding hydrogens is 234 g/mol. The highest BCUT2D eigenvalue weighted by Gasteiger charge is 2.16. The Bertz CT molecular complexity index is 378. The molecule has 1 atom stereocenters. The first kappa shape index (κ1) is 14.3. The van der Waals surface area contributed by atoms with Crippen molar-refractivity contribution in [3.05, 3.63) is 24.0 Å². The fraction of sp³-hybridized carbons (Fsp3) is 0.688. The van der Waals surface area contributed by atoms with Crippen molar-refractivity contribution in [2.24, 2.45) is 5.92 Å². The van der Waals surface area contributed by atoms with E-state index in [-0.39, 0.29) is 0 Å². The molecule has 1 aromatic rings. The molecule has 1 unspecified atom stereocenters. The van der Waals surface area contributed by atoms with Crippen molar-refractivity contribution in [3.63, 3.8) is 0 Å². The summed E-state index contributed by atoms with van der Waals surface area (Å²) in [6, 6.07) is 4.23. The summed E-state index contributed by atoms with van der Waals surface area (Å²) in [4.78, 5) is 7.07. The molecule has 0 aliphatic carbocycles. The quantitative estimate of drug-likeness (QED) is 0.879. The van der Waals surface area contributed by atoms with Gasteiger partial charge < -0.3 is 5.32 Å². The molecule has 0 spiro atoms. The minimum Gasteiger partial charge on any atom is -0.385 e. The summed E-state index contributed by atoms with van der Waals surface area (Å²) in [6.45, 7) is 8.86. The van der Waals surface area contributed by atoms with E-state index in [4.69, 9.17) is 0 Å². The molecule has 2 rings (SSSR count). The number of hydrogen-bond acceptors (Lipinski definition) is 3. The van der Waals surface area contributed by atoms with Crippen molar-refractivity contribution < 1.29 is 0 Å². The Morgan fingerprint density at radius 3 is 3.00 bits per heavy atom. The van der Waals surface area contributed by atoms with E-state index in [0.29, 0.717) is 0 Å². The molecule has 0 radical (unpaired) electrons. The maximum Gasteiger partial charge on any atom is 0.0564 e. The lowest BCUT2D eigenvalue weighted by Gasteiger charge is -2.20. The van der Waals surface area contributed by atoms with Crippen LogP contribution < -0.4 is 5.32 Å². The highest BCUT2D eigenvalue weighted by molar-refractivity contribution is 5.42. The van der Waals surface area contributed by atoms with Gasteiger partial charge in [-0.3, -0.25) is 9.88 Å². The Kier molecular flexibility index (Phi) is 5.64. The fourth-order valence-electron chi connectivity index (χ4n) is 2.90. The van der Waals surface area contributed by atoms with E-state index in [2.05, 4.69) is 35.1 Å². The molecule has 0 saturated carbocycles. The third-order valence-electron chi connectivity index (χ3n) is 4.10. The van der Waals surface area contributed by atoms with Crippen molar-refractivity contribution >= 4 is 5.69 Å². The summed E-state index contributed by atoms with van der Waals surface area (Å²) < 4.78 is 0. The van der Waals surface area contributed by atoms with E-state index >= 15 is 0 Å². The second kappa shape index (κ2) is 7.49. The predicted molar refractivity (Wildman–Crippen MR) is 81.3 cm³/mol. The number of anilines is 1. The lowest BCUT2D eigenvalue weighted by atomic mass is 9.98. The van der Waals surface area contributed by atoms with Gasteiger partial charge in [0.2, 0.25) is 0 Å². The summed E-state index contributed by atoms with van der Waals surface area (Å²) in [6.07, 6.45) is 7.34. The molecule has 1 aliphatic heterocycles. The van der Waals surface area contributed by atoms with E-state index < -0.39 is 0 Å². The number of hydrogen-bond donors (Lipinski definition) is 1. The SMILES string of the molecule is CCNc1ccnc(CN2CCCC(CC)CC2)c1. The Labute approximate surface area is 117 Å². The molecule has 3 heteroatoms. The van der Waals surface area contributed by atoms with Gasteiger partial charge in [0, 0.05) is 25.0 Å². The first-order chi connectivity index (χ1) is 9.31. The van der Waals surface area contributed by atoms with Crippen LogP contribution in [0.25, 0.3) is 0 Å². The Hall–Kier alpha value is -1.09. The standard InChI is InChI=1S/C16H27N3/c1-3-14-6-5-10-19(11-8-14)13-16-12-15(17-4-2)7-9-18-16/h7,9,12,14H,3-6,8,10-11,13H2,1-2H3,(H,17,18). The number of nitrogens with zero attached hydrogens (tertiary/aromatic N) is 2. The van der Waals surface area contributed by atoms with Crippen LogP contribution in [0, 0.1) is 5.92 Å². The third-order valence-corrected chi connectivity index (χ3v) is 4.10. The van der Waals surface area contributed by atoms with Gasteiger partial charge in [-0.05, 0) is 57.3 Å². The molecule has 0 bridgehead atoms. The first-order valence-corrected chi connectivity index (χ1v) is 7.73. The van der Waals surface area contributed by atoms with E-state index in [1.54, 1.807) is 0 Å². The molecule has 3 nitrogen and oxygen atoms in total. The van der Waals surface area contributed by atoms with Crippen LogP contribution in [0.2, 0.25) is 0 Å². The maximum absolute atomic E-state index is 4.50. The van der Waals surface area contributed by atoms with Crippen molar-refractivity contribution in [2.75, 3.05) is 25.0 Å².